The Morgan fingerprint density at radius 2 is 2.11 bits per heavy atom. The first-order chi connectivity index (χ1) is 8.72. The molecule has 0 fully saturated rings. The summed E-state index contributed by atoms with van der Waals surface area (Å²) in [5.74, 6) is 1.21. The predicted octanol–water partition coefficient (Wildman–Crippen LogP) is 3.26. The van der Waals surface area contributed by atoms with Gasteiger partial charge >= 0.3 is 0 Å². The summed E-state index contributed by atoms with van der Waals surface area (Å²) >= 11 is 0. The number of nitrogens with one attached hydrogen (secondary N) is 1. The van der Waals surface area contributed by atoms with Crippen molar-refractivity contribution in [2.75, 3.05) is 31.5 Å². The molecule has 1 aromatic carbocycles. The first kappa shape index (κ1) is 15.8. The number of amidine groups is 1. The van der Waals surface area contributed by atoms with Crippen LogP contribution in [0.4, 0.5) is 5.69 Å². The van der Waals surface area contributed by atoms with Crippen LogP contribution in [0.1, 0.15) is 24.5 Å². The number of rotatable bonds is 5. The van der Waals surface area contributed by atoms with Crippen LogP contribution in [-0.2, 0) is 0 Å². The molecule has 106 valence electrons. The van der Waals surface area contributed by atoms with E-state index in [0.29, 0.717) is 0 Å². The fourth-order valence-electron chi connectivity index (χ4n) is 2.32. The number of benzene rings is 1. The van der Waals surface area contributed by atoms with Crippen molar-refractivity contribution in [2.24, 2.45) is 4.99 Å². The van der Waals surface area contributed by atoms with Crippen molar-refractivity contribution < 1.29 is 0 Å². The lowest BCUT2D eigenvalue weighted by atomic mass is 10.1. The molecule has 3 nitrogen and oxygen atoms in total. The molecule has 0 bridgehead atoms. The van der Waals surface area contributed by atoms with Crippen LogP contribution < -0.4 is 5.32 Å². The summed E-state index contributed by atoms with van der Waals surface area (Å²) in [7, 11) is 0. The summed E-state index contributed by atoms with van der Waals surface area (Å²) < 4.78 is 0. The van der Waals surface area contributed by atoms with Gasteiger partial charge in [-0.2, -0.15) is 0 Å². The van der Waals surface area contributed by atoms with E-state index in [0.717, 1.165) is 26.2 Å². The van der Waals surface area contributed by atoms with E-state index < -0.39 is 0 Å². The number of aryl methyl sites for hydroxylation is 1. The summed E-state index contributed by atoms with van der Waals surface area (Å²) in [6, 6.07) is 6.39. The molecule has 1 N–H and O–H groups in total. The van der Waals surface area contributed by atoms with Gasteiger partial charge in [0.15, 0.2) is 0 Å². The number of nitrogens with zero attached hydrogens (tertiary/aromatic N) is 2. The Balaban J connectivity index is 0.00000180. The smallest absolute Gasteiger partial charge is 0.118 e. The molecule has 19 heavy (non-hydrogen) atoms. The van der Waals surface area contributed by atoms with Gasteiger partial charge in [0.05, 0.1) is 13.1 Å². The Kier molecular flexibility index (Phi) is 6.16. The van der Waals surface area contributed by atoms with E-state index in [1.165, 1.54) is 29.1 Å². The molecule has 1 heterocycles. The fourth-order valence-corrected chi connectivity index (χ4v) is 2.32. The zero-order chi connectivity index (χ0) is 13.0. The number of halogens is 1. The van der Waals surface area contributed by atoms with Gasteiger partial charge in [-0.1, -0.05) is 19.1 Å². The van der Waals surface area contributed by atoms with Crippen molar-refractivity contribution in [3.63, 3.8) is 0 Å². The third kappa shape index (κ3) is 3.87. The van der Waals surface area contributed by atoms with Gasteiger partial charge in [0.2, 0.25) is 0 Å². The maximum Gasteiger partial charge on any atom is 0.118 e. The van der Waals surface area contributed by atoms with Crippen LogP contribution in [0.15, 0.2) is 23.2 Å². The molecule has 1 aromatic rings. The lowest BCUT2D eigenvalue weighted by molar-refractivity contribution is 0.452. The van der Waals surface area contributed by atoms with Gasteiger partial charge in [0, 0.05) is 18.8 Å². The first-order valence-electron chi connectivity index (χ1n) is 6.80. The van der Waals surface area contributed by atoms with E-state index in [9.17, 15) is 0 Å². The maximum atomic E-state index is 4.58. The second kappa shape index (κ2) is 7.39. The lowest BCUT2D eigenvalue weighted by Gasteiger charge is -2.20. The number of aliphatic imine (C=N–C) groups is 1. The minimum Gasteiger partial charge on any atom is -0.378 e. The summed E-state index contributed by atoms with van der Waals surface area (Å²) in [5.41, 5.74) is 3.89. The monoisotopic (exact) mass is 281 g/mol. The van der Waals surface area contributed by atoms with Crippen molar-refractivity contribution in [1.82, 2.24) is 4.90 Å². The van der Waals surface area contributed by atoms with Crippen LogP contribution >= 0.6 is 12.4 Å². The third-order valence-electron chi connectivity index (χ3n) is 3.56. The average molecular weight is 282 g/mol. The van der Waals surface area contributed by atoms with E-state index in [2.05, 4.69) is 54.2 Å². The van der Waals surface area contributed by atoms with Crippen molar-refractivity contribution in [3.05, 3.63) is 29.3 Å². The number of anilines is 1. The average Bonchev–Trinajstić information content (AvgIpc) is 2.79. The molecule has 0 saturated carbocycles. The summed E-state index contributed by atoms with van der Waals surface area (Å²) in [6.07, 6.45) is 1.18. The van der Waals surface area contributed by atoms with Crippen LogP contribution in [0.3, 0.4) is 0 Å². The molecule has 1 aliphatic rings. The minimum absolute atomic E-state index is 0. The number of hydrogen-bond acceptors (Lipinski definition) is 3. The SMILES string of the molecule is CCCN1CCN=C1CNc1cccc(C)c1C.Cl. The second-order valence-corrected chi connectivity index (χ2v) is 4.89. The normalized spacial score (nSPS) is 14.1. The molecule has 1 aliphatic heterocycles. The molecule has 0 spiro atoms. The van der Waals surface area contributed by atoms with Crippen molar-refractivity contribution in [2.45, 2.75) is 27.2 Å². The molecule has 0 atom stereocenters. The van der Waals surface area contributed by atoms with Crippen LogP contribution in [0.2, 0.25) is 0 Å². The molecular weight excluding hydrogens is 258 g/mol. The van der Waals surface area contributed by atoms with E-state index in [1.54, 1.807) is 0 Å². The highest BCUT2D eigenvalue weighted by atomic mass is 35.5. The maximum absolute atomic E-state index is 4.58. The Morgan fingerprint density at radius 1 is 1.32 bits per heavy atom. The Morgan fingerprint density at radius 3 is 2.84 bits per heavy atom. The molecule has 0 aromatic heterocycles. The standard InChI is InChI=1S/C15H23N3.ClH/c1-4-9-18-10-8-16-15(18)11-17-14-7-5-6-12(2)13(14)3;/h5-7,17H,4,8-11H2,1-3H3;1H. The van der Waals surface area contributed by atoms with Gasteiger partial charge < -0.3 is 10.2 Å². The molecule has 0 saturated heterocycles. The Hall–Kier alpha value is -1.22. The van der Waals surface area contributed by atoms with Crippen molar-refractivity contribution >= 4 is 23.9 Å². The van der Waals surface area contributed by atoms with Crippen LogP contribution in [0, 0.1) is 13.8 Å². The first-order valence-corrected chi connectivity index (χ1v) is 6.80. The third-order valence-corrected chi connectivity index (χ3v) is 3.56. The molecule has 0 amide bonds. The minimum atomic E-state index is 0. The van der Waals surface area contributed by atoms with E-state index in [4.69, 9.17) is 0 Å². The topological polar surface area (TPSA) is 27.6 Å². The lowest BCUT2D eigenvalue weighted by Crippen LogP contribution is -2.33. The second-order valence-electron chi connectivity index (χ2n) is 4.89. The highest BCUT2D eigenvalue weighted by molar-refractivity contribution is 5.87. The van der Waals surface area contributed by atoms with Gasteiger partial charge in [-0.15, -0.1) is 12.4 Å². The Bertz CT molecular complexity index is 443. The molecule has 4 heteroatoms. The Labute approximate surface area is 122 Å². The highest BCUT2D eigenvalue weighted by Gasteiger charge is 2.15. The van der Waals surface area contributed by atoms with Gasteiger partial charge in [0.25, 0.3) is 0 Å². The van der Waals surface area contributed by atoms with E-state index in [1.807, 2.05) is 0 Å². The molecule has 2 rings (SSSR count). The quantitative estimate of drug-likeness (QED) is 0.897. The van der Waals surface area contributed by atoms with Crippen LogP contribution in [0.25, 0.3) is 0 Å². The van der Waals surface area contributed by atoms with E-state index >= 15 is 0 Å². The zero-order valence-electron chi connectivity index (χ0n) is 12.1. The zero-order valence-corrected chi connectivity index (χ0v) is 12.9. The largest absolute Gasteiger partial charge is 0.378 e. The molecular formula is C15H24ClN3. The number of hydrogen-bond donors (Lipinski definition) is 1. The molecule has 0 radical (unpaired) electrons. The van der Waals surface area contributed by atoms with Gasteiger partial charge in [-0.3, -0.25) is 4.99 Å². The highest BCUT2D eigenvalue weighted by Crippen LogP contribution is 2.18. The molecule has 0 unspecified atom stereocenters. The summed E-state index contributed by atoms with van der Waals surface area (Å²) in [6.45, 7) is 10.5. The molecule has 0 aliphatic carbocycles. The van der Waals surface area contributed by atoms with Crippen molar-refractivity contribution in [3.8, 4) is 0 Å². The summed E-state index contributed by atoms with van der Waals surface area (Å²) in [5, 5.41) is 3.51. The van der Waals surface area contributed by atoms with Crippen LogP contribution in [-0.4, -0.2) is 36.9 Å². The summed E-state index contributed by atoms with van der Waals surface area (Å²) in [4.78, 5) is 6.97. The van der Waals surface area contributed by atoms with Crippen LogP contribution in [0.5, 0.6) is 0 Å². The van der Waals surface area contributed by atoms with Crippen molar-refractivity contribution in [1.29, 1.82) is 0 Å². The predicted molar refractivity (Wildman–Crippen MR) is 85.8 cm³/mol. The van der Waals surface area contributed by atoms with E-state index in [-0.39, 0.29) is 12.4 Å². The van der Waals surface area contributed by atoms with Gasteiger partial charge in [-0.25, -0.2) is 0 Å². The van der Waals surface area contributed by atoms with Gasteiger partial charge in [-0.05, 0) is 37.5 Å². The fraction of sp³-hybridized carbons (Fsp3) is 0.533. The van der Waals surface area contributed by atoms with Gasteiger partial charge in [0.1, 0.15) is 5.84 Å².